The van der Waals surface area contributed by atoms with Crippen molar-refractivity contribution in [2.75, 3.05) is 5.32 Å². The van der Waals surface area contributed by atoms with Crippen LogP contribution in [0.3, 0.4) is 0 Å². The Hall–Kier alpha value is -3.98. The van der Waals surface area contributed by atoms with E-state index in [0.717, 1.165) is 18.9 Å². The van der Waals surface area contributed by atoms with Crippen LogP contribution in [0.2, 0.25) is 5.02 Å². The number of benzene rings is 2. The van der Waals surface area contributed by atoms with E-state index >= 15 is 0 Å². The quantitative estimate of drug-likeness (QED) is 0.348. The van der Waals surface area contributed by atoms with Crippen molar-refractivity contribution >= 4 is 40.5 Å². The molecular weight excluding hydrogens is 472 g/mol. The molecular formula is C25H23ClN4O5. The number of nitrogens with zero attached hydrogens (tertiary/aromatic N) is 2. The van der Waals surface area contributed by atoms with E-state index < -0.39 is 10.8 Å². The van der Waals surface area contributed by atoms with Gasteiger partial charge in [0.1, 0.15) is 10.8 Å². The van der Waals surface area contributed by atoms with Gasteiger partial charge in [-0.15, -0.1) is 0 Å². The van der Waals surface area contributed by atoms with E-state index in [9.17, 15) is 19.7 Å². The maximum absolute atomic E-state index is 12.9. The predicted octanol–water partition coefficient (Wildman–Crippen LogP) is 5.43. The summed E-state index contributed by atoms with van der Waals surface area (Å²) in [7, 11) is 0. The van der Waals surface area contributed by atoms with Crippen molar-refractivity contribution in [1.29, 1.82) is 0 Å². The second-order valence-corrected chi connectivity index (χ2v) is 8.54. The highest BCUT2D eigenvalue weighted by molar-refractivity contribution is 6.32. The Morgan fingerprint density at radius 2 is 1.89 bits per heavy atom. The maximum Gasteiger partial charge on any atom is 0.291 e. The second-order valence-electron chi connectivity index (χ2n) is 8.14. The fraction of sp³-hybridized carbons (Fsp3) is 0.240. The van der Waals surface area contributed by atoms with Crippen LogP contribution in [0, 0.1) is 17.0 Å². The van der Waals surface area contributed by atoms with Gasteiger partial charge in [-0.1, -0.05) is 30.7 Å². The molecule has 0 bridgehead atoms. The number of amides is 2. The maximum atomic E-state index is 12.9. The van der Waals surface area contributed by atoms with Gasteiger partial charge in [-0.25, -0.2) is 5.43 Å². The SMILES string of the molecule is CCc1ccc(NC(=O)c2oc3c(c2C)/C(=N/NC(=O)c2ccc(Cl)c([N+](=O)[O-])c2)CCC3)cc1. The van der Waals surface area contributed by atoms with E-state index in [1.54, 1.807) is 6.92 Å². The molecule has 4 rings (SSSR count). The van der Waals surface area contributed by atoms with Gasteiger partial charge >= 0.3 is 0 Å². The Balaban J connectivity index is 1.55. The number of hydrogen-bond donors (Lipinski definition) is 2. The van der Waals surface area contributed by atoms with Crippen LogP contribution in [-0.2, 0) is 12.8 Å². The number of fused-ring (bicyclic) bond motifs is 1. The molecule has 1 heterocycles. The number of carbonyl (C=O) groups excluding carboxylic acids is 2. The van der Waals surface area contributed by atoms with Gasteiger partial charge < -0.3 is 9.73 Å². The number of nitro benzene ring substituents is 1. The molecule has 2 aromatic carbocycles. The Kier molecular flexibility index (Phi) is 6.97. The molecule has 1 aliphatic carbocycles. The molecule has 35 heavy (non-hydrogen) atoms. The molecule has 10 heteroatoms. The summed E-state index contributed by atoms with van der Waals surface area (Å²) in [6.45, 7) is 3.84. The number of hydrazone groups is 1. The van der Waals surface area contributed by atoms with Crippen molar-refractivity contribution < 1.29 is 18.9 Å². The molecule has 0 fully saturated rings. The first kappa shape index (κ1) is 24.2. The number of hydrogen-bond acceptors (Lipinski definition) is 6. The number of anilines is 1. The monoisotopic (exact) mass is 494 g/mol. The van der Waals surface area contributed by atoms with Crippen molar-refractivity contribution in [2.45, 2.75) is 39.5 Å². The van der Waals surface area contributed by atoms with Gasteiger partial charge in [0.25, 0.3) is 17.5 Å². The van der Waals surface area contributed by atoms with Gasteiger partial charge in [0.05, 0.1) is 10.6 Å². The topological polar surface area (TPSA) is 127 Å². The minimum atomic E-state index is -0.655. The van der Waals surface area contributed by atoms with Gasteiger partial charge in [0.15, 0.2) is 5.76 Å². The van der Waals surface area contributed by atoms with E-state index in [1.807, 2.05) is 24.3 Å². The minimum absolute atomic E-state index is 0.0551. The van der Waals surface area contributed by atoms with Crippen LogP contribution >= 0.6 is 11.6 Å². The lowest BCUT2D eigenvalue weighted by Gasteiger charge is -2.13. The molecule has 3 aromatic rings. The van der Waals surface area contributed by atoms with Crippen molar-refractivity contribution in [3.63, 3.8) is 0 Å². The highest BCUT2D eigenvalue weighted by atomic mass is 35.5. The Morgan fingerprint density at radius 3 is 2.57 bits per heavy atom. The molecule has 0 unspecified atom stereocenters. The molecule has 0 saturated heterocycles. The lowest BCUT2D eigenvalue weighted by Crippen LogP contribution is -2.22. The first-order valence-corrected chi connectivity index (χ1v) is 11.5. The first-order valence-electron chi connectivity index (χ1n) is 11.1. The summed E-state index contributed by atoms with van der Waals surface area (Å²) in [5.74, 6) is -0.142. The molecule has 0 aliphatic heterocycles. The highest BCUT2D eigenvalue weighted by Crippen LogP contribution is 2.30. The summed E-state index contributed by atoms with van der Waals surface area (Å²) >= 11 is 5.82. The molecule has 0 atom stereocenters. The summed E-state index contributed by atoms with van der Waals surface area (Å²) in [5.41, 5.74) is 5.90. The zero-order valence-electron chi connectivity index (χ0n) is 19.2. The average Bonchev–Trinajstić information content (AvgIpc) is 3.20. The summed E-state index contributed by atoms with van der Waals surface area (Å²) in [4.78, 5) is 35.9. The molecule has 1 aliphatic rings. The molecule has 0 spiro atoms. The predicted molar refractivity (Wildman–Crippen MR) is 132 cm³/mol. The number of carbonyl (C=O) groups is 2. The molecule has 2 amide bonds. The molecule has 0 radical (unpaired) electrons. The average molecular weight is 495 g/mol. The fourth-order valence-corrected chi connectivity index (χ4v) is 4.17. The van der Waals surface area contributed by atoms with E-state index in [4.69, 9.17) is 16.0 Å². The molecule has 2 N–H and O–H groups in total. The normalized spacial score (nSPS) is 13.9. The van der Waals surface area contributed by atoms with Crippen LogP contribution in [0.15, 0.2) is 52.0 Å². The second kappa shape index (κ2) is 10.1. The van der Waals surface area contributed by atoms with Gasteiger partial charge in [-0.3, -0.25) is 19.7 Å². The third kappa shape index (κ3) is 5.09. The van der Waals surface area contributed by atoms with Gasteiger partial charge in [0, 0.05) is 34.9 Å². The minimum Gasteiger partial charge on any atom is -0.455 e. The summed E-state index contributed by atoms with van der Waals surface area (Å²) in [6.07, 6.45) is 2.87. The number of halogens is 1. The number of nitrogens with one attached hydrogen (secondary N) is 2. The van der Waals surface area contributed by atoms with Crippen molar-refractivity contribution in [3.05, 3.63) is 91.4 Å². The number of aryl methyl sites for hydroxylation is 2. The third-order valence-electron chi connectivity index (χ3n) is 5.85. The third-order valence-corrected chi connectivity index (χ3v) is 6.17. The Morgan fingerprint density at radius 1 is 1.14 bits per heavy atom. The summed E-state index contributed by atoms with van der Waals surface area (Å²) in [6, 6.07) is 11.4. The largest absolute Gasteiger partial charge is 0.455 e. The molecule has 0 saturated carbocycles. The van der Waals surface area contributed by atoms with E-state index in [0.29, 0.717) is 41.1 Å². The number of furan rings is 1. The summed E-state index contributed by atoms with van der Waals surface area (Å²) in [5, 5.41) is 18.2. The highest BCUT2D eigenvalue weighted by Gasteiger charge is 2.28. The van der Waals surface area contributed by atoms with Crippen LogP contribution in [0.5, 0.6) is 0 Å². The summed E-state index contributed by atoms with van der Waals surface area (Å²) < 4.78 is 5.90. The van der Waals surface area contributed by atoms with E-state index in [2.05, 4.69) is 22.8 Å². The fourth-order valence-electron chi connectivity index (χ4n) is 3.98. The smallest absolute Gasteiger partial charge is 0.291 e. The standard InChI is InChI=1S/C25H23ClN4O5/c1-3-15-7-10-17(11-8-15)27-25(32)23-14(2)22-19(5-4-6-21(22)35-23)28-29-24(31)16-9-12-18(26)20(13-16)30(33)34/h7-13H,3-6H2,1-2H3,(H,27,32)(H,29,31)/b28-19+. The lowest BCUT2D eigenvalue weighted by molar-refractivity contribution is -0.384. The van der Waals surface area contributed by atoms with Crippen LogP contribution in [0.25, 0.3) is 0 Å². The van der Waals surface area contributed by atoms with Crippen molar-refractivity contribution in [2.24, 2.45) is 5.10 Å². The molecule has 9 nitrogen and oxygen atoms in total. The van der Waals surface area contributed by atoms with E-state index in [-0.39, 0.29) is 27.9 Å². The molecule has 180 valence electrons. The zero-order chi connectivity index (χ0) is 25.1. The van der Waals surface area contributed by atoms with Crippen molar-refractivity contribution in [1.82, 2.24) is 5.43 Å². The Bertz CT molecular complexity index is 1340. The van der Waals surface area contributed by atoms with Gasteiger partial charge in [-0.05, 0) is 56.0 Å². The number of nitro groups is 1. The zero-order valence-corrected chi connectivity index (χ0v) is 19.9. The lowest BCUT2D eigenvalue weighted by atomic mass is 9.93. The van der Waals surface area contributed by atoms with Crippen LogP contribution in [0.4, 0.5) is 11.4 Å². The number of rotatable bonds is 6. The van der Waals surface area contributed by atoms with Crippen molar-refractivity contribution in [3.8, 4) is 0 Å². The van der Waals surface area contributed by atoms with Gasteiger partial charge in [0.2, 0.25) is 0 Å². The van der Waals surface area contributed by atoms with Crippen LogP contribution in [0.1, 0.15) is 63.1 Å². The molecule has 1 aromatic heterocycles. The van der Waals surface area contributed by atoms with E-state index in [1.165, 1.54) is 17.7 Å². The van der Waals surface area contributed by atoms with Gasteiger partial charge in [-0.2, -0.15) is 5.10 Å². The van der Waals surface area contributed by atoms with Crippen LogP contribution in [-0.4, -0.2) is 22.4 Å². The first-order chi connectivity index (χ1) is 16.8. The van der Waals surface area contributed by atoms with Crippen LogP contribution < -0.4 is 10.7 Å². The Labute approximate surface area is 206 Å².